The molecular formula is C14H21NO2. The van der Waals surface area contributed by atoms with E-state index in [-0.39, 0.29) is 6.04 Å². The topological polar surface area (TPSA) is 44.5 Å². The molecule has 1 saturated heterocycles. The highest BCUT2D eigenvalue weighted by Gasteiger charge is 2.23. The molecule has 0 aromatic heterocycles. The van der Waals surface area contributed by atoms with Crippen molar-refractivity contribution in [1.29, 1.82) is 0 Å². The van der Waals surface area contributed by atoms with Gasteiger partial charge in [0, 0.05) is 19.3 Å². The van der Waals surface area contributed by atoms with Crippen LogP contribution in [0.25, 0.3) is 0 Å². The molecule has 0 bridgehead atoms. The van der Waals surface area contributed by atoms with Crippen LogP contribution in [0.2, 0.25) is 0 Å². The van der Waals surface area contributed by atoms with Crippen molar-refractivity contribution in [2.45, 2.75) is 25.8 Å². The van der Waals surface area contributed by atoms with Crippen molar-refractivity contribution in [1.82, 2.24) is 0 Å². The summed E-state index contributed by atoms with van der Waals surface area (Å²) >= 11 is 0. The van der Waals surface area contributed by atoms with Crippen LogP contribution in [-0.4, -0.2) is 20.3 Å². The summed E-state index contributed by atoms with van der Waals surface area (Å²) in [5.41, 5.74) is 8.81. The number of hydrogen-bond acceptors (Lipinski definition) is 3. The summed E-state index contributed by atoms with van der Waals surface area (Å²) in [7, 11) is 1.69. The third-order valence-corrected chi connectivity index (χ3v) is 3.61. The van der Waals surface area contributed by atoms with Crippen LogP contribution in [0.1, 0.15) is 30.0 Å². The van der Waals surface area contributed by atoms with Crippen LogP contribution in [0.5, 0.6) is 5.75 Å². The number of methoxy groups -OCH3 is 1. The molecule has 1 fully saturated rings. The van der Waals surface area contributed by atoms with Gasteiger partial charge in [-0.1, -0.05) is 6.07 Å². The molecule has 1 aromatic rings. The second kappa shape index (κ2) is 5.52. The SMILES string of the molecule is COc1ccc([C@@H](N)C2CCOCC2)c(C)c1. The normalized spacial score (nSPS) is 19.0. The molecular weight excluding hydrogens is 214 g/mol. The summed E-state index contributed by atoms with van der Waals surface area (Å²) in [5, 5.41) is 0. The Hall–Kier alpha value is -1.06. The standard InChI is InChI=1S/C14H21NO2/c1-10-9-12(16-2)3-4-13(10)14(15)11-5-7-17-8-6-11/h3-4,9,11,14H,5-8,15H2,1-2H3/t14-/m0/s1. The average molecular weight is 235 g/mol. The average Bonchev–Trinajstić information content (AvgIpc) is 2.39. The minimum atomic E-state index is 0.116. The Kier molecular flexibility index (Phi) is 4.02. The maximum Gasteiger partial charge on any atom is 0.119 e. The Labute approximate surface area is 103 Å². The van der Waals surface area contributed by atoms with Crippen molar-refractivity contribution in [3.05, 3.63) is 29.3 Å². The Morgan fingerprint density at radius 3 is 2.65 bits per heavy atom. The Balaban J connectivity index is 2.15. The maximum absolute atomic E-state index is 6.37. The summed E-state index contributed by atoms with van der Waals surface area (Å²) in [4.78, 5) is 0. The van der Waals surface area contributed by atoms with Gasteiger partial charge in [0.2, 0.25) is 0 Å². The first-order chi connectivity index (χ1) is 8.22. The van der Waals surface area contributed by atoms with Crippen LogP contribution in [0.15, 0.2) is 18.2 Å². The fourth-order valence-corrected chi connectivity index (χ4v) is 2.48. The minimum absolute atomic E-state index is 0.116. The summed E-state index contributed by atoms with van der Waals surface area (Å²) in [5.74, 6) is 1.43. The van der Waals surface area contributed by atoms with Gasteiger partial charge in [-0.05, 0) is 48.9 Å². The number of rotatable bonds is 3. The molecule has 0 radical (unpaired) electrons. The number of benzene rings is 1. The number of nitrogens with two attached hydrogens (primary N) is 1. The molecule has 3 heteroatoms. The third-order valence-electron chi connectivity index (χ3n) is 3.61. The van der Waals surface area contributed by atoms with E-state index in [1.165, 1.54) is 11.1 Å². The van der Waals surface area contributed by atoms with E-state index in [4.69, 9.17) is 15.2 Å². The first-order valence-electron chi connectivity index (χ1n) is 6.20. The van der Waals surface area contributed by atoms with E-state index in [9.17, 15) is 0 Å². The summed E-state index contributed by atoms with van der Waals surface area (Å²) in [6, 6.07) is 6.24. The third kappa shape index (κ3) is 2.79. The van der Waals surface area contributed by atoms with Crippen LogP contribution in [-0.2, 0) is 4.74 Å². The number of aryl methyl sites for hydroxylation is 1. The molecule has 17 heavy (non-hydrogen) atoms. The van der Waals surface area contributed by atoms with Crippen LogP contribution < -0.4 is 10.5 Å². The maximum atomic E-state index is 6.37. The second-order valence-electron chi connectivity index (χ2n) is 4.70. The largest absolute Gasteiger partial charge is 0.497 e. The molecule has 0 saturated carbocycles. The predicted octanol–water partition coefficient (Wildman–Crippen LogP) is 2.43. The van der Waals surface area contributed by atoms with Crippen molar-refractivity contribution < 1.29 is 9.47 Å². The van der Waals surface area contributed by atoms with Crippen LogP contribution in [0.4, 0.5) is 0 Å². The zero-order chi connectivity index (χ0) is 12.3. The van der Waals surface area contributed by atoms with Crippen molar-refractivity contribution in [2.75, 3.05) is 20.3 Å². The highest BCUT2D eigenvalue weighted by molar-refractivity contribution is 5.36. The number of ether oxygens (including phenoxy) is 2. The molecule has 94 valence electrons. The molecule has 0 spiro atoms. The van der Waals surface area contributed by atoms with E-state index in [1.54, 1.807) is 7.11 Å². The molecule has 1 heterocycles. The van der Waals surface area contributed by atoms with E-state index in [0.717, 1.165) is 31.8 Å². The molecule has 1 aromatic carbocycles. The first kappa shape index (κ1) is 12.4. The molecule has 0 unspecified atom stereocenters. The minimum Gasteiger partial charge on any atom is -0.497 e. The zero-order valence-electron chi connectivity index (χ0n) is 10.6. The fraction of sp³-hybridized carbons (Fsp3) is 0.571. The van der Waals surface area contributed by atoms with Gasteiger partial charge in [-0.2, -0.15) is 0 Å². The highest BCUT2D eigenvalue weighted by Crippen LogP contribution is 2.31. The van der Waals surface area contributed by atoms with Crippen LogP contribution >= 0.6 is 0 Å². The smallest absolute Gasteiger partial charge is 0.119 e. The molecule has 1 atom stereocenters. The van der Waals surface area contributed by atoms with Gasteiger partial charge in [0.25, 0.3) is 0 Å². The molecule has 0 aliphatic carbocycles. The van der Waals surface area contributed by atoms with Gasteiger partial charge in [-0.25, -0.2) is 0 Å². The lowest BCUT2D eigenvalue weighted by molar-refractivity contribution is 0.0583. The van der Waals surface area contributed by atoms with Gasteiger partial charge in [-0.3, -0.25) is 0 Å². The van der Waals surface area contributed by atoms with Crippen LogP contribution in [0, 0.1) is 12.8 Å². The first-order valence-corrected chi connectivity index (χ1v) is 6.20. The van der Waals surface area contributed by atoms with Gasteiger partial charge in [0.15, 0.2) is 0 Å². The fourth-order valence-electron chi connectivity index (χ4n) is 2.48. The Bertz CT molecular complexity index is 372. The monoisotopic (exact) mass is 235 g/mol. The summed E-state index contributed by atoms with van der Waals surface area (Å²) < 4.78 is 10.6. The van der Waals surface area contributed by atoms with Crippen molar-refractivity contribution in [2.24, 2.45) is 11.7 Å². The quantitative estimate of drug-likeness (QED) is 0.875. The summed E-state index contributed by atoms with van der Waals surface area (Å²) in [6.07, 6.45) is 2.12. The van der Waals surface area contributed by atoms with E-state index in [0.29, 0.717) is 5.92 Å². The predicted molar refractivity (Wildman–Crippen MR) is 68.2 cm³/mol. The van der Waals surface area contributed by atoms with Crippen molar-refractivity contribution in [3.8, 4) is 5.75 Å². The Morgan fingerprint density at radius 1 is 1.35 bits per heavy atom. The number of hydrogen-bond donors (Lipinski definition) is 1. The lowest BCUT2D eigenvalue weighted by Crippen LogP contribution is -2.27. The molecule has 1 aliphatic heterocycles. The highest BCUT2D eigenvalue weighted by atomic mass is 16.5. The molecule has 3 nitrogen and oxygen atoms in total. The van der Waals surface area contributed by atoms with E-state index in [1.807, 2.05) is 6.07 Å². The van der Waals surface area contributed by atoms with Gasteiger partial charge >= 0.3 is 0 Å². The molecule has 2 N–H and O–H groups in total. The van der Waals surface area contributed by atoms with Gasteiger partial charge in [-0.15, -0.1) is 0 Å². The molecule has 1 aliphatic rings. The van der Waals surface area contributed by atoms with Crippen molar-refractivity contribution >= 4 is 0 Å². The van der Waals surface area contributed by atoms with Crippen LogP contribution in [0.3, 0.4) is 0 Å². The molecule has 0 amide bonds. The van der Waals surface area contributed by atoms with E-state index in [2.05, 4.69) is 19.1 Å². The van der Waals surface area contributed by atoms with Gasteiger partial charge in [0.05, 0.1) is 7.11 Å². The Morgan fingerprint density at radius 2 is 2.06 bits per heavy atom. The lowest BCUT2D eigenvalue weighted by atomic mass is 9.86. The van der Waals surface area contributed by atoms with Gasteiger partial charge in [0.1, 0.15) is 5.75 Å². The molecule has 2 rings (SSSR count). The van der Waals surface area contributed by atoms with E-state index >= 15 is 0 Å². The zero-order valence-corrected chi connectivity index (χ0v) is 10.6. The van der Waals surface area contributed by atoms with Gasteiger partial charge < -0.3 is 15.2 Å². The second-order valence-corrected chi connectivity index (χ2v) is 4.70. The lowest BCUT2D eigenvalue weighted by Gasteiger charge is -2.28. The van der Waals surface area contributed by atoms with Crippen molar-refractivity contribution in [3.63, 3.8) is 0 Å². The summed E-state index contributed by atoms with van der Waals surface area (Å²) in [6.45, 7) is 3.78. The van der Waals surface area contributed by atoms with E-state index < -0.39 is 0 Å².